The van der Waals surface area contributed by atoms with Gasteiger partial charge < -0.3 is 19.9 Å². The summed E-state index contributed by atoms with van der Waals surface area (Å²) in [6, 6.07) is 13.2. The van der Waals surface area contributed by atoms with Crippen molar-refractivity contribution in [2.45, 2.75) is 6.18 Å². The predicted octanol–water partition coefficient (Wildman–Crippen LogP) is 2.68. The maximum atomic E-state index is 12.7. The first-order chi connectivity index (χ1) is 14.8. The third-order valence-corrected chi connectivity index (χ3v) is 3.92. The molecule has 0 aliphatic carbocycles. The number of alkyl halides is 3. The number of benzene rings is 2. The van der Waals surface area contributed by atoms with Crippen molar-refractivity contribution in [2.24, 2.45) is 0 Å². The Kier molecular flexibility index (Phi) is 6.85. The molecule has 2 amide bonds. The molecule has 2 aromatic carbocycles. The van der Waals surface area contributed by atoms with Crippen molar-refractivity contribution in [2.75, 3.05) is 19.7 Å². The molecule has 0 aliphatic rings. The molecule has 0 unspecified atom stereocenters. The van der Waals surface area contributed by atoms with Crippen LogP contribution in [0.1, 0.15) is 16.2 Å². The van der Waals surface area contributed by atoms with Gasteiger partial charge in [-0.05, 0) is 18.2 Å². The van der Waals surface area contributed by atoms with Gasteiger partial charge in [-0.2, -0.15) is 18.2 Å². The minimum Gasteiger partial charge on any atom is -0.484 e. The number of halogens is 3. The van der Waals surface area contributed by atoms with Crippen LogP contribution in [0.3, 0.4) is 0 Å². The summed E-state index contributed by atoms with van der Waals surface area (Å²) < 4.78 is 48.0. The molecule has 3 rings (SSSR count). The Hall–Kier alpha value is -3.89. The minimum absolute atomic E-state index is 0.0657. The van der Waals surface area contributed by atoms with Crippen molar-refractivity contribution in [3.05, 3.63) is 66.1 Å². The molecule has 162 valence electrons. The average Bonchev–Trinajstić information content (AvgIpc) is 3.26. The fourth-order valence-corrected chi connectivity index (χ4v) is 2.44. The number of hydrogen-bond donors (Lipinski definition) is 2. The second kappa shape index (κ2) is 9.74. The van der Waals surface area contributed by atoms with Crippen LogP contribution in [0.25, 0.3) is 11.4 Å². The van der Waals surface area contributed by atoms with Crippen LogP contribution in [-0.4, -0.2) is 41.7 Å². The first-order valence-electron chi connectivity index (χ1n) is 9.07. The van der Waals surface area contributed by atoms with Crippen LogP contribution >= 0.6 is 0 Å². The number of hydrogen-bond acceptors (Lipinski definition) is 6. The van der Waals surface area contributed by atoms with E-state index in [-0.39, 0.29) is 30.6 Å². The summed E-state index contributed by atoms with van der Waals surface area (Å²) in [4.78, 5) is 27.8. The van der Waals surface area contributed by atoms with Crippen molar-refractivity contribution < 1.29 is 32.0 Å². The number of aromatic nitrogens is 2. The predicted molar refractivity (Wildman–Crippen MR) is 102 cm³/mol. The van der Waals surface area contributed by atoms with Gasteiger partial charge in [-0.1, -0.05) is 41.6 Å². The highest BCUT2D eigenvalue weighted by atomic mass is 19.4. The van der Waals surface area contributed by atoms with Crippen LogP contribution in [0.2, 0.25) is 0 Å². The van der Waals surface area contributed by atoms with Crippen LogP contribution in [0.15, 0.2) is 59.1 Å². The van der Waals surface area contributed by atoms with Gasteiger partial charge in [0.2, 0.25) is 5.82 Å². The number of nitrogens with zero attached hydrogens (tertiary/aromatic N) is 2. The van der Waals surface area contributed by atoms with Gasteiger partial charge in [0.1, 0.15) is 5.75 Å². The van der Waals surface area contributed by atoms with Crippen molar-refractivity contribution >= 4 is 11.8 Å². The Balaban J connectivity index is 1.38. The molecule has 0 atom stereocenters. The fraction of sp³-hybridized carbons (Fsp3) is 0.200. The summed E-state index contributed by atoms with van der Waals surface area (Å²) in [7, 11) is 0. The zero-order valence-corrected chi connectivity index (χ0v) is 16.0. The molecule has 1 heterocycles. The molecule has 0 saturated carbocycles. The molecule has 1 aromatic heterocycles. The minimum atomic E-state index is -4.50. The number of carbonyl (C=O) groups excluding carboxylic acids is 2. The fourth-order valence-electron chi connectivity index (χ4n) is 2.44. The second-order valence-electron chi connectivity index (χ2n) is 6.21. The van der Waals surface area contributed by atoms with Gasteiger partial charge in [-0.15, -0.1) is 0 Å². The van der Waals surface area contributed by atoms with E-state index in [1.807, 2.05) is 6.07 Å². The smallest absolute Gasteiger partial charge is 0.416 e. The molecule has 31 heavy (non-hydrogen) atoms. The summed E-state index contributed by atoms with van der Waals surface area (Å²) in [5.41, 5.74) is -0.178. The number of nitrogens with one attached hydrogen (secondary N) is 2. The van der Waals surface area contributed by atoms with Gasteiger partial charge in [0, 0.05) is 18.7 Å². The zero-order chi connectivity index (χ0) is 22.3. The van der Waals surface area contributed by atoms with Gasteiger partial charge in [-0.25, -0.2) is 0 Å². The van der Waals surface area contributed by atoms with Crippen LogP contribution in [0.5, 0.6) is 5.75 Å². The summed E-state index contributed by atoms with van der Waals surface area (Å²) >= 11 is 0. The lowest BCUT2D eigenvalue weighted by Crippen LogP contribution is -2.36. The molecule has 2 N–H and O–H groups in total. The molecule has 11 heteroatoms. The average molecular weight is 434 g/mol. The Morgan fingerprint density at radius 2 is 1.74 bits per heavy atom. The van der Waals surface area contributed by atoms with Gasteiger partial charge in [0.15, 0.2) is 6.61 Å². The number of rotatable bonds is 8. The lowest BCUT2D eigenvalue weighted by Gasteiger charge is -2.10. The number of ether oxygens (including phenoxy) is 1. The highest BCUT2D eigenvalue weighted by Gasteiger charge is 2.30. The van der Waals surface area contributed by atoms with Gasteiger partial charge in [0.25, 0.3) is 5.91 Å². The monoisotopic (exact) mass is 434 g/mol. The van der Waals surface area contributed by atoms with E-state index in [2.05, 4.69) is 20.8 Å². The summed E-state index contributed by atoms with van der Waals surface area (Å²) in [6.07, 6.45) is -4.50. The normalized spacial score (nSPS) is 11.1. The quantitative estimate of drug-likeness (QED) is 0.528. The molecular formula is C20H17F3N4O4. The highest BCUT2D eigenvalue weighted by molar-refractivity contribution is 5.89. The second-order valence-corrected chi connectivity index (χ2v) is 6.21. The van der Waals surface area contributed by atoms with E-state index in [1.54, 1.807) is 24.3 Å². The number of amides is 2. The first kappa shape index (κ1) is 21.8. The lowest BCUT2D eigenvalue weighted by atomic mass is 10.2. The van der Waals surface area contributed by atoms with E-state index in [0.29, 0.717) is 5.56 Å². The Labute approximate surface area is 174 Å². The maximum Gasteiger partial charge on any atom is 0.416 e. The van der Waals surface area contributed by atoms with Gasteiger partial charge >= 0.3 is 18.0 Å². The largest absolute Gasteiger partial charge is 0.484 e. The van der Waals surface area contributed by atoms with Crippen molar-refractivity contribution in [3.63, 3.8) is 0 Å². The van der Waals surface area contributed by atoms with E-state index >= 15 is 0 Å². The first-order valence-corrected chi connectivity index (χ1v) is 9.07. The van der Waals surface area contributed by atoms with Crippen molar-refractivity contribution in [3.8, 4) is 17.1 Å². The highest BCUT2D eigenvalue weighted by Crippen LogP contribution is 2.31. The summed E-state index contributed by atoms with van der Waals surface area (Å²) in [6.45, 7) is -0.341. The van der Waals surface area contributed by atoms with Crippen LogP contribution in [-0.2, 0) is 11.0 Å². The molecule has 3 aromatic rings. The molecule has 0 spiro atoms. The standard InChI is InChI=1S/C20H17F3N4O4/c21-20(22,23)14-7-4-8-15(11-14)30-12-16(28)24-9-10-25-18(29)19-26-17(27-31-19)13-5-2-1-3-6-13/h1-8,11H,9-10,12H2,(H,24,28)(H,25,29). The summed E-state index contributed by atoms with van der Waals surface area (Å²) in [5.74, 6) is -1.20. The molecule has 0 bridgehead atoms. The van der Waals surface area contributed by atoms with E-state index in [0.717, 1.165) is 12.1 Å². The third kappa shape index (κ3) is 6.29. The van der Waals surface area contributed by atoms with Crippen molar-refractivity contribution in [1.29, 1.82) is 0 Å². The molecule has 0 saturated heterocycles. The van der Waals surface area contributed by atoms with Crippen LogP contribution in [0.4, 0.5) is 13.2 Å². The van der Waals surface area contributed by atoms with E-state index in [1.165, 1.54) is 12.1 Å². The van der Waals surface area contributed by atoms with Crippen LogP contribution < -0.4 is 15.4 Å². The van der Waals surface area contributed by atoms with Gasteiger partial charge in [0.05, 0.1) is 5.56 Å². The van der Waals surface area contributed by atoms with E-state index < -0.39 is 30.2 Å². The zero-order valence-electron chi connectivity index (χ0n) is 16.0. The van der Waals surface area contributed by atoms with E-state index in [9.17, 15) is 22.8 Å². The third-order valence-electron chi connectivity index (χ3n) is 3.92. The molecule has 0 radical (unpaired) electrons. The molecule has 0 aliphatic heterocycles. The molecular weight excluding hydrogens is 417 g/mol. The summed E-state index contributed by atoms with van der Waals surface area (Å²) in [5, 5.41) is 8.70. The lowest BCUT2D eigenvalue weighted by molar-refractivity contribution is -0.137. The van der Waals surface area contributed by atoms with E-state index in [4.69, 9.17) is 9.26 Å². The maximum absolute atomic E-state index is 12.7. The Morgan fingerprint density at radius 3 is 2.48 bits per heavy atom. The molecule has 0 fully saturated rings. The van der Waals surface area contributed by atoms with Crippen LogP contribution in [0, 0.1) is 0 Å². The van der Waals surface area contributed by atoms with Gasteiger partial charge in [-0.3, -0.25) is 9.59 Å². The Bertz CT molecular complexity index is 1040. The molecule has 8 nitrogen and oxygen atoms in total. The Morgan fingerprint density at radius 1 is 1.00 bits per heavy atom. The SMILES string of the molecule is O=C(COc1cccc(C(F)(F)F)c1)NCCNC(=O)c1nc(-c2ccccc2)no1. The van der Waals surface area contributed by atoms with Crippen molar-refractivity contribution in [1.82, 2.24) is 20.8 Å². The number of carbonyl (C=O) groups is 2. The topological polar surface area (TPSA) is 106 Å².